The van der Waals surface area contributed by atoms with Crippen molar-refractivity contribution in [3.8, 4) is 0 Å². The van der Waals surface area contributed by atoms with Gasteiger partial charge in [0.2, 0.25) is 5.78 Å². The average Bonchev–Trinajstić information content (AvgIpc) is 2.45. The molecule has 0 aliphatic rings. The Labute approximate surface area is 118 Å². The third-order valence-corrected chi connectivity index (χ3v) is 3.37. The lowest BCUT2D eigenvalue weighted by Crippen LogP contribution is -2.05. The molecule has 1 aromatic heterocycles. The summed E-state index contributed by atoms with van der Waals surface area (Å²) in [6.07, 6.45) is 1.69. The van der Waals surface area contributed by atoms with E-state index in [0.29, 0.717) is 11.3 Å². The van der Waals surface area contributed by atoms with Gasteiger partial charge in [0, 0.05) is 17.1 Å². The summed E-state index contributed by atoms with van der Waals surface area (Å²) in [6.45, 7) is 4.00. The maximum Gasteiger partial charge on any atom is 0.211 e. The van der Waals surface area contributed by atoms with Crippen molar-refractivity contribution in [3.05, 3.63) is 77.1 Å². The lowest BCUT2D eigenvalue weighted by Gasteiger charge is -2.06. The molecule has 20 heavy (non-hydrogen) atoms. The van der Waals surface area contributed by atoms with Crippen LogP contribution in [0.2, 0.25) is 0 Å². The fourth-order valence-corrected chi connectivity index (χ4v) is 2.54. The second kappa shape index (κ2) is 4.89. The predicted octanol–water partition coefficient (Wildman–Crippen LogP) is 4.08. The molecule has 0 aliphatic heterocycles. The quantitative estimate of drug-likeness (QED) is 0.650. The summed E-state index contributed by atoms with van der Waals surface area (Å²) in [5.41, 5.74) is 3.40. The van der Waals surface area contributed by atoms with E-state index in [1.54, 1.807) is 6.20 Å². The van der Waals surface area contributed by atoms with Crippen LogP contribution < -0.4 is 0 Å². The average molecular weight is 261 g/mol. The van der Waals surface area contributed by atoms with Gasteiger partial charge in [0.25, 0.3) is 0 Å². The summed E-state index contributed by atoms with van der Waals surface area (Å²) in [5, 5.41) is 1.94. The Morgan fingerprint density at radius 2 is 1.65 bits per heavy atom. The van der Waals surface area contributed by atoms with Crippen LogP contribution in [0.5, 0.6) is 0 Å². The number of carbonyl (C=O) groups excluding carboxylic acids is 1. The van der Waals surface area contributed by atoms with Crippen LogP contribution in [-0.2, 0) is 0 Å². The molecule has 0 saturated heterocycles. The second-order valence-corrected chi connectivity index (χ2v) is 5.09. The molecule has 2 heteroatoms. The van der Waals surface area contributed by atoms with Gasteiger partial charge in [-0.15, -0.1) is 0 Å². The van der Waals surface area contributed by atoms with Gasteiger partial charge in [-0.2, -0.15) is 0 Å². The second-order valence-electron chi connectivity index (χ2n) is 5.09. The van der Waals surface area contributed by atoms with Gasteiger partial charge in [-0.1, -0.05) is 41.5 Å². The molecule has 2 aromatic carbocycles. The first-order valence-corrected chi connectivity index (χ1v) is 6.62. The minimum Gasteiger partial charge on any atom is -0.287 e. The largest absolute Gasteiger partial charge is 0.287 e. The Balaban J connectivity index is 2.17. The number of hydrogen-bond donors (Lipinski definition) is 0. The Bertz CT molecular complexity index is 780. The lowest BCUT2D eigenvalue weighted by atomic mass is 9.99. The Morgan fingerprint density at radius 3 is 2.40 bits per heavy atom. The standard InChI is InChI=1S/C18H15NO/c1-12-9-13(2)11-15(10-12)18(20)17-16-6-4-3-5-14(16)7-8-19-17/h3-11H,1-2H3. The highest BCUT2D eigenvalue weighted by Crippen LogP contribution is 2.20. The van der Waals surface area contributed by atoms with Gasteiger partial charge in [0.1, 0.15) is 5.69 Å². The molecular weight excluding hydrogens is 246 g/mol. The fraction of sp³-hybridized carbons (Fsp3) is 0.111. The highest BCUT2D eigenvalue weighted by molar-refractivity contribution is 6.15. The monoisotopic (exact) mass is 261 g/mol. The lowest BCUT2D eigenvalue weighted by molar-refractivity contribution is 0.103. The Kier molecular flexibility index (Phi) is 3.07. The highest BCUT2D eigenvalue weighted by atomic mass is 16.1. The number of hydrogen-bond acceptors (Lipinski definition) is 2. The van der Waals surface area contributed by atoms with Crippen LogP contribution >= 0.6 is 0 Å². The van der Waals surface area contributed by atoms with Gasteiger partial charge in [0.15, 0.2) is 0 Å². The molecule has 0 atom stereocenters. The van der Waals surface area contributed by atoms with Gasteiger partial charge in [-0.05, 0) is 37.4 Å². The molecule has 0 spiro atoms. The van der Waals surface area contributed by atoms with Crippen LogP contribution in [0.25, 0.3) is 10.8 Å². The first kappa shape index (κ1) is 12.5. The van der Waals surface area contributed by atoms with Crippen molar-refractivity contribution in [2.45, 2.75) is 13.8 Å². The van der Waals surface area contributed by atoms with Crippen LogP contribution in [-0.4, -0.2) is 10.8 Å². The van der Waals surface area contributed by atoms with E-state index in [2.05, 4.69) is 11.1 Å². The summed E-state index contributed by atoms with van der Waals surface area (Å²) >= 11 is 0. The first-order chi connectivity index (χ1) is 9.65. The van der Waals surface area contributed by atoms with Crippen molar-refractivity contribution in [2.24, 2.45) is 0 Å². The van der Waals surface area contributed by atoms with Crippen LogP contribution in [0.15, 0.2) is 54.7 Å². The van der Waals surface area contributed by atoms with E-state index in [1.165, 1.54) is 0 Å². The van der Waals surface area contributed by atoms with Crippen molar-refractivity contribution in [1.29, 1.82) is 0 Å². The SMILES string of the molecule is Cc1cc(C)cc(C(=O)c2nccc3ccccc23)c1. The van der Waals surface area contributed by atoms with Gasteiger partial charge >= 0.3 is 0 Å². The number of aromatic nitrogens is 1. The molecule has 3 aromatic rings. The smallest absolute Gasteiger partial charge is 0.211 e. The van der Waals surface area contributed by atoms with Crippen molar-refractivity contribution in [2.75, 3.05) is 0 Å². The molecule has 98 valence electrons. The van der Waals surface area contributed by atoms with Gasteiger partial charge in [-0.25, -0.2) is 0 Å². The number of aryl methyl sites for hydroxylation is 2. The molecular formula is C18H15NO. The van der Waals surface area contributed by atoms with Gasteiger partial charge in [0.05, 0.1) is 0 Å². The molecule has 0 N–H and O–H groups in total. The molecule has 3 rings (SSSR count). The zero-order valence-electron chi connectivity index (χ0n) is 11.6. The molecule has 0 saturated carbocycles. The summed E-state index contributed by atoms with van der Waals surface area (Å²) in [5.74, 6) is -0.0198. The zero-order valence-corrected chi connectivity index (χ0v) is 11.6. The minimum atomic E-state index is -0.0198. The Morgan fingerprint density at radius 1 is 0.950 bits per heavy atom. The first-order valence-electron chi connectivity index (χ1n) is 6.62. The minimum absolute atomic E-state index is 0.0198. The molecule has 0 unspecified atom stereocenters. The number of ketones is 1. The van der Waals surface area contributed by atoms with E-state index >= 15 is 0 Å². The normalized spacial score (nSPS) is 10.7. The van der Waals surface area contributed by atoms with Crippen LogP contribution in [0.1, 0.15) is 27.2 Å². The molecule has 0 bridgehead atoms. The zero-order chi connectivity index (χ0) is 14.1. The fourth-order valence-electron chi connectivity index (χ4n) is 2.54. The van der Waals surface area contributed by atoms with Crippen molar-refractivity contribution >= 4 is 16.6 Å². The third-order valence-electron chi connectivity index (χ3n) is 3.37. The summed E-state index contributed by atoms with van der Waals surface area (Å²) in [4.78, 5) is 17.0. The van der Waals surface area contributed by atoms with Crippen molar-refractivity contribution in [1.82, 2.24) is 4.98 Å². The van der Waals surface area contributed by atoms with E-state index in [4.69, 9.17) is 0 Å². The number of carbonyl (C=O) groups is 1. The Hall–Kier alpha value is -2.48. The molecule has 0 fully saturated rings. The van der Waals surface area contributed by atoms with Crippen LogP contribution in [0, 0.1) is 13.8 Å². The van der Waals surface area contributed by atoms with Gasteiger partial charge < -0.3 is 0 Å². The molecule has 1 heterocycles. The predicted molar refractivity (Wildman–Crippen MR) is 81.1 cm³/mol. The molecule has 0 amide bonds. The van der Waals surface area contributed by atoms with E-state index in [9.17, 15) is 4.79 Å². The topological polar surface area (TPSA) is 30.0 Å². The number of rotatable bonds is 2. The molecule has 2 nitrogen and oxygen atoms in total. The number of benzene rings is 2. The number of pyridine rings is 1. The molecule has 0 aliphatic carbocycles. The highest BCUT2D eigenvalue weighted by Gasteiger charge is 2.14. The van der Waals surface area contributed by atoms with E-state index in [0.717, 1.165) is 21.9 Å². The number of fused-ring (bicyclic) bond motifs is 1. The van der Waals surface area contributed by atoms with Crippen molar-refractivity contribution in [3.63, 3.8) is 0 Å². The summed E-state index contributed by atoms with van der Waals surface area (Å²) < 4.78 is 0. The van der Waals surface area contributed by atoms with E-state index < -0.39 is 0 Å². The maximum absolute atomic E-state index is 12.7. The number of nitrogens with zero attached hydrogens (tertiary/aromatic N) is 1. The molecule has 0 radical (unpaired) electrons. The summed E-state index contributed by atoms with van der Waals surface area (Å²) in [6, 6.07) is 15.7. The van der Waals surface area contributed by atoms with Crippen LogP contribution in [0.3, 0.4) is 0 Å². The van der Waals surface area contributed by atoms with Gasteiger partial charge in [-0.3, -0.25) is 9.78 Å². The van der Waals surface area contributed by atoms with E-state index in [-0.39, 0.29) is 5.78 Å². The van der Waals surface area contributed by atoms with Crippen LogP contribution in [0.4, 0.5) is 0 Å². The third kappa shape index (κ3) is 2.21. The summed E-state index contributed by atoms with van der Waals surface area (Å²) in [7, 11) is 0. The van der Waals surface area contributed by atoms with E-state index in [1.807, 2.05) is 56.3 Å². The van der Waals surface area contributed by atoms with Crippen molar-refractivity contribution < 1.29 is 4.79 Å². The maximum atomic E-state index is 12.7.